The molecule has 0 spiro atoms. The van der Waals surface area contributed by atoms with Gasteiger partial charge in [0.15, 0.2) is 10.2 Å². The van der Waals surface area contributed by atoms with Crippen LogP contribution in [-0.2, 0) is 14.1 Å². The Morgan fingerprint density at radius 2 is 1.00 bits per heavy atom. The highest BCUT2D eigenvalue weighted by Crippen LogP contribution is 2.10. The molecule has 0 amide bonds. The predicted octanol–water partition coefficient (Wildman–Crippen LogP) is 2.02. The fourth-order valence-electron chi connectivity index (χ4n) is 5.03. The summed E-state index contributed by atoms with van der Waals surface area (Å²) in [5, 5.41) is 9.46. The van der Waals surface area contributed by atoms with Gasteiger partial charge in [-0.2, -0.15) is 10.2 Å². The number of aromatic nitrogens is 4. The monoisotopic (exact) mass is 630 g/mol. The largest absolute Gasteiger partial charge is 0.344 e. The molecule has 44 heavy (non-hydrogen) atoms. The molecule has 12 nitrogen and oxygen atoms in total. The molecule has 1 fully saturated rings. The first-order valence-electron chi connectivity index (χ1n) is 14.0. The standard InChI is InChI=1S/C30H34N10O2S2/c1-21-25(27(41)39(35(21)3)23-11-7-5-8-12-23)19-31-33-29(43)37-15-17-38(18-16-37)30(44)34-32-20-26-22(2)36(4)40(28(26)42)24-13-9-6-10-14-24/h5-14,19-20H,15-18H2,1-4H3,(H,33,43)(H,34,44)/b31-19+,32-20+. The number of piperazine rings is 1. The van der Waals surface area contributed by atoms with E-state index in [1.165, 1.54) is 12.4 Å². The van der Waals surface area contributed by atoms with Crippen LogP contribution in [0.3, 0.4) is 0 Å². The van der Waals surface area contributed by atoms with E-state index >= 15 is 0 Å². The van der Waals surface area contributed by atoms with Crippen LogP contribution in [0.4, 0.5) is 0 Å². The fraction of sp³-hybridized carbons (Fsp3) is 0.267. The highest BCUT2D eigenvalue weighted by Gasteiger charge is 2.21. The van der Waals surface area contributed by atoms with Crippen LogP contribution >= 0.6 is 24.4 Å². The molecule has 2 N–H and O–H groups in total. The molecule has 0 aliphatic carbocycles. The minimum Gasteiger partial charge on any atom is -0.344 e. The molecule has 228 valence electrons. The summed E-state index contributed by atoms with van der Waals surface area (Å²) in [5.41, 5.74) is 9.58. The Hall–Kier alpha value is -4.82. The maximum atomic E-state index is 13.1. The van der Waals surface area contributed by atoms with Crippen LogP contribution in [0.15, 0.2) is 80.5 Å². The second-order valence-electron chi connectivity index (χ2n) is 10.3. The summed E-state index contributed by atoms with van der Waals surface area (Å²) in [5.74, 6) is 0. The van der Waals surface area contributed by atoms with Gasteiger partial charge in [-0.25, -0.2) is 9.36 Å². The molecule has 0 saturated carbocycles. The van der Waals surface area contributed by atoms with Gasteiger partial charge in [0.2, 0.25) is 0 Å². The first-order valence-corrected chi connectivity index (χ1v) is 14.8. The Morgan fingerprint density at radius 1 is 0.659 bits per heavy atom. The molecule has 3 heterocycles. The zero-order valence-electron chi connectivity index (χ0n) is 25.0. The third kappa shape index (κ3) is 6.12. The van der Waals surface area contributed by atoms with Crippen LogP contribution in [0.5, 0.6) is 0 Å². The first kappa shape index (κ1) is 30.6. The van der Waals surface area contributed by atoms with Crippen LogP contribution < -0.4 is 22.0 Å². The van der Waals surface area contributed by atoms with Crippen molar-refractivity contribution in [2.45, 2.75) is 13.8 Å². The maximum absolute atomic E-state index is 13.1. The Kier molecular flexibility index (Phi) is 9.20. The minimum atomic E-state index is -0.158. The Labute approximate surface area is 265 Å². The van der Waals surface area contributed by atoms with Crippen molar-refractivity contribution in [2.24, 2.45) is 24.3 Å². The number of hydrazone groups is 2. The van der Waals surface area contributed by atoms with Gasteiger partial charge in [-0.1, -0.05) is 36.4 Å². The van der Waals surface area contributed by atoms with E-state index in [1.807, 2.05) is 98.4 Å². The number of benzene rings is 2. The third-order valence-corrected chi connectivity index (χ3v) is 8.46. The number of nitrogens with one attached hydrogen (secondary N) is 2. The summed E-state index contributed by atoms with van der Waals surface area (Å²) >= 11 is 11.1. The van der Waals surface area contributed by atoms with E-state index in [9.17, 15) is 9.59 Å². The van der Waals surface area contributed by atoms with Gasteiger partial charge in [-0.3, -0.25) is 29.8 Å². The Morgan fingerprint density at radius 3 is 1.34 bits per heavy atom. The minimum absolute atomic E-state index is 0.158. The number of hydrogen-bond donors (Lipinski definition) is 2. The van der Waals surface area contributed by atoms with E-state index in [1.54, 1.807) is 18.7 Å². The van der Waals surface area contributed by atoms with Crippen molar-refractivity contribution in [1.82, 2.24) is 39.4 Å². The molecule has 14 heteroatoms. The SMILES string of the molecule is Cc1c(/C=N/NC(=S)N2CCN(C(=S)N/N=C/c3c(C)n(C)n(-c4ccccc4)c3=O)CC2)c(=O)n(-c2ccccc2)n1C. The van der Waals surface area contributed by atoms with Crippen molar-refractivity contribution >= 4 is 47.1 Å². The van der Waals surface area contributed by atoms with Crippen molar-refractivity contribution in [1.29, 1.82) is 0 Å². The normalized spacial score (nSPS) is 13.6. The zero-order valence-corrected chi connectivity index (χ0v) is 26.6. The molecule has 2 aromatic heterocycles. The van der Waals surface area contributed by atoms with Crippen molar-refractivity contribution in [3.05, 3.63) is 104 Å². The number of rotatable bonds is 6. The molecule has 1 aliphatic heterocycles. The average molecular weight is 631 g/mol. The van der Waals surface area contributed by atoms with Crippen LogP contribution in [0.25, 0.3) is 11.4 Å². The van der Waals surface area contributed by atoms with Gasteiger partial charge < -0.3 is 9.80 Å². The quantitative estimate of drug-likeness (QED) is 0.189. The van der Waals surface area contributed by atoms with E-state index in [-0.39, 0.29) is 11.1 Å². The Balaban J connectivity index is 1.14. The fourth-order valence-corrected chi connectivity index (χ4v) is 5.50. The smallest absolute Gasteiger partial charge is 0.280 e. The molecule has 1 saturated heterocycles. The molecular formula is C30H34N10O2S2. The van der Waals surface area contributed by atoms with E-state index in [4.69, 9.17) is 24.4 Å². The van der Waals surface area contributed by atoms with Gasteiger partial charge in [0, 0.05) is 51.7 Å². The van der Waals surface area contributed by atoms with Crippen LogP contribution in [0.1, 0.15) is 22.5 Å². The molecule has 0 unspecified atom stereocenters. The van der Waals surface area contributed by atoms with Gasteiger partial charge in [-0.05, 0) is 62.5 Å². The molecule has 0 atom stereocenters. The van der Waals surface area contributed by atoms with Crippen molar-refractivity contribution in [2.75, 3.05) is 26.2 Å². The average Bonchev–Trinajstić information content (AvgIpc) is 3.39. The highest BCUT2D eigenvalue weighted by molar-refractivity contribution is 7.80. The lowest BCUT2D eigenvalue weighted by Crippen LogP contribution is -2.54. The van der Waals surface area contributed by atoms with Gasteiger partial charge in [0.05, 0.1) is 34.9 Å². The summed E-state index contributed by atoms with van der Waals surface area (Å²) in [6.07, 6.45) is 3.03. The summed E-state index contributed by atoms with van der Waals surface area (Å²) in [4.78, 5) is 30.2. The summed E-state index contributed by atoms with van der Waals surface area (Å²) < 4.78 is 6.83. The van der Waals surface area contributed by atoms with Gasteiger partial charge >= 0.3 is 0 Å². The van der Waals surface area contributed by atoms with Crippen molar-refractivity contribution in [3.8, 4) is 11.4 Å². The zero-order chi connectivity index (χ0) is 31.4. The number of para-hydroxylation sites is 2. The van der Waals surface area contributed by atoms with Gasteiger partial charge in [-0.15, -0.1) is 0 Å². The topological polar surface area (TPSA) is 109 Å². The summed E-state index contributed by atoms with van der Waals surface area (Å²) in [6.45, 7) is 6.25. The predicted molar refractivity (Wildman–Crippen MR) is 181 cm³/mol. The summed E-state index contributed by atoms with van der Waals surface area (Å²) in [6, 6.07) is 18.9. The lowest BCUT2D eigenvalue weighted by molar-refractivity contribution is 0.255. The lowest BCUT2D eigenvalue weighted by Gasteiger charge is -2.36. The van der Waals surface area contributed by atoms with Gasteiger partial charge in [0.25, 0.3) is 11.1 Å². The molecular weight excluding hydrogens is 597 g/mol. The van der Waals surface area contributed by atoms with E-state index in [2.05, 4.69) is 21.1 Å². The molecule has 0 bridgehead atoms. The van der Waals surface area contributed by atoms with E-state index < -0.39 is 0 Å². The van der Waals surface area contributed by atoms with Crippen LogP contribution in [0, 0.1) is 13.8 Å². The van der Waals surface area contributed by atoms with Crippen molar-refractivity contribution < 1.29 is 0 Å². The van der Waals surface area contributed by atoms with E-state index in [0.29, 0.717) is 47.5 Å². The third-order valence-electron chi connectivity index (χ3n) is 7.76. The molecule has 0 radical (unpaired) electrons. The van der Waals surface area contributed by atoms with Gasteiger partial charge in [0.1, 0.15) is 0 Å². The second kappa shape index (κ2) is 13.2. The summed E-state index contributed by atoms with van der Waals surface area (Å²) in [7, 11) is 3.68. The number of hydrogen-bond acceptors (Lipinski definition) is 6. The van der Waals surface area contributed by atoms with Crippen LogP contribution in [-0.4, -0.2) is 77.4 Å². The highest BCUT2D eigenvalue weighted by atomic mass is 32.1. The number of thiocarbonyl (C=S) groups is 2. The molecule has 1 aliphatic rings. The molecule has 2 aromatic carbocycles. The number of nitrogens with zero attached hydrogens (tertiary/aromatic N) is 8. The molecule has 4 aromatic rings. The van der Waals surface area contributed by atoms with E-state index in [0.717, 1.165) is 22.8 Å². The molecule has 5 rings (SSSR count). The second-order valence-corrected chi connectivity index (χ2v) is 11.0. The first-order chi connectivity index (χ1) is 21.2. The maximum Gasteiger partial charge on any atom is 0.280 e. The van der Waals surface area contributed by atoms with Crippen LogP contribution in [0.2, 0.25) is 0 Å². The lowest BCUT2D eigenvalue weighted by atomic mass is 10.3. The Bertz CT molecular complexity index is 1710. The van der Waals surface area contributed by atoms with Crippen molar-refractivity contribution in [3.63, 3.8) is 0 Å².